The first-order valence-corrected chi connectivity index (χ1v) is 10.7. The number of hydrogen-bond donors (Lipinski definition) is 1. The molecule has 3 rings (SSSR count). The summed E-state index contributed by atoms with van der Waals surface area (Å²) in [6, 6.07) is 11.7. The lowest BCUT2D eigenvalue weighted by Gasteiger charge is -2.17. The van der Waals surface area contributed by atoms with Gasteiger partial charge in [0.05, 0.1) is 38.3 Å². The van der Waals surface area contributed by atoms with Crippen LogP contribution in [0, 0.1) is 11.7 Å². The van der Waals surface area contributed by atoms with Crippen molar-refractivity contribution in [2.75, 3.05) is 21.3 Å². The van der Waals surface area contributed by atoms with Crippen molar-refractivity contribution in [3.8, 4) is 28.4 Å². The Labute approximate surface area is 197 Å². The summed E-state index contributed by atoms with van der Waals surface area (Å²) in [4.78, 5) is 25.3. The second-order valence-corrected chi connectivity index (χ2v) is 8.02. The van der Waals surface area contributed by atoms with E-state index in [-0.39, 0.29) is 11.6 Å². The van der Waals surface area contributed by atoms with Crippen LogP contribution in [0.4, 0.5) is 4.39 Å². The maximum atomic E-state index is 13.6. The number of amides is 1. The predicted molar refractivity (Wildman–Crippen MR) is 125 cm³/mol. The molecule has 0 aliphatic rings. The van der Waals surface area contributed by atoms with Crippen molar-refractivity contribution in [1.82, 2.24) is 15.1 Å². The molecule has 1 heterocycles. The SMILES string of the molecule is COC(=O)[C@H](CC(C)C)NC(=O)c1cc(-c2c(OC)cccc2OC)n(-c2ccc(F)cc2)n1. The highest BCUT2D eigenvalue weighted by Crippen LogP contribution is 2.39. The number of nitrogens with zero attached hydrogens (tertiary/aromatic N) is 2. The van der Waals surface area contributed by atoms with E-state index in [1.54, 1.807) is 36.4 Å². The van der Waals surface area contributed by atoms with Crippen molar-refractivity contribution in [1.29, 1.82) is 0 Å². The maximum absolute atomic E-state index is 13.6. The molecule has 0 unspecified atom stereocenters. The van der Waals surface area contributed by atoms with Crippen LogP contribution in [-0.2, 0) is 9.53 Å². The Bertz CT molecular complexity index is 1140. The molecule has 9 heteroatoms. The van der Waals surface area contributed by atoms with Gasteiger partial charge in [-0.15, -0.1) is 0 Å². The zero-order chi connectivity index (χ0) is 24.8. The van der Waals surface area contributed by atoms with Gasteiger partial charge in [-0.25, -0.2) is 13.9 Å². The molecule has 0 saturated heterocycles. The first kappa shape index (κ1) is 24.8. The number of nitrogens with one attached hydrogen (secondary N) is 1. The van der Waals surface area contributed by atoms with Crippen LogP contribution in [0.25, 0.3) is 16.9 Å². The molecule has 0 spiro atoms. The van der Waals surface area contributed by atoms with Crippen molar-refractivity contribution >= 4 is 11.9 Å². The third-order valence-electron chi connectivity index (χ3n) is 5.20. The number of rotatable bonds is 9. The summed E-state index contributed by atoms with van der Waals surface area (Å²) in [6.07, 6.45) is 0.407. The molecule has 2 aromatic carbocycles. The molecule has 1 atom stereocenters. The monoisotopic (exact) mass is 469 g/mol. The van der Waals surface area contributed by atoms with Crippen LogP contribution in [0.5, 0.6) is 11.5 Å². The molecule has 1 N–H and O–H groups in total. The van der Waals surface area contributed by atoms with E-state index in [1.807, 2.05) is 13.8 Å². The first-order chi connectivity index (χ1) is 16.3. The topological polar surface area (TPSA) is 91.7 Å². The van der Waals surface area contributed by atoms with Gasteiger partial charge in [-0.3, -0.25) is 4.79 Å². The highest BCUT2D eigenvalue weighted by molar-refractivity contribution is 5.96. The summed E-state index contributed by atoms with van der Waals surface area (Å²) in [7, 11) is 4.33. The van der Waals surface area contributed by atoms with Gasteiger partial charge < -0.3 is 19.5 Å². The van der Waals surface area contributed by atoms with Gasteiger partial charge in [0.1, 0.15) is 23.4 Å². The quantitative estimate of drug-likeness (QED) is 0.476. The van der Waals surface area contributed by atoms with Crippen molar-refractivity contribution in [3.63, 3.8) is 0 Å². The molecule has 34 heavy (non-hydrogen) atoms. The molecule has 0 bridgehead atoms. The zero-order valence-electron chi connectivity index (χ0n) is 19.8. The van der Waals surface area contributed by atoms with E-state index in [1.165, 1.54) is 38.1 Å². The van der Waals surface area contributed by atoms with E-state index in [4.69, 9.17) is 14.2 Å². The Morgan fingerprint density at radius 2 is 1.65 bits per heavy atom. The van der Waals surface area contributed by atoms with Gasteiger partial charge in [-0.1, -0.05) is 19.9 Å². The number of carbonyl (C=O) groups excluding carboxylic acids is 2. The highest BCUT2D eigenvalue weighted by atomic mass is 19.1. The molecular weight excluding hydrogens is 441 g/mol. The second kappa shape index (κ2) is 10.8. The lowest BCUT2D eigenvalue weighted by atomic mass is 10.0. The molecule has 1 amide bonds. The van der Waals surface area contributed by atoms with Crippen LogP contribution < -0.4 is 14.8 Å². The van der Waals surface area contributed by atoms with Crippen molar-refractivity contribution in [2.24, 2.45) is 5.92 Å². The molecule has 8 nitrogen and oxygen atoms in total. The fourth-order valence-electron chi connectivity index (χ4n) is 3.61. The Morgan fingerprint density at radius 1 is 1.03 bits per heavy atom. The van der Waals surface area contributed by atoms with Gasteiger partial charge in [0.2, 0.25) is 0 Å². The van der Waals surface area contributed by atoms with Crippen molar-refractivity contribution in [2.45, 2.75) is 26.3 Å². The predicted octanol–water partition coefficient (Wildman–Crippen LogP) is 4.01. The molecule has 0 saturated carbocycles. The number of esters is 1. The second-order valence-electron chi connectivity index (χ2n) is 8.02. The van der Waals surface area contributed by atoms with Crippen LogP contribution in [-0.4, -0.2) is 49.0 Å². The summed E-state index contributed by atoms with van der Waals surface area (Å²) in [6.45, 7) is 3.88. The Morgan fingerprint density at radius 3 is 2.18 bits per heavy atom. The number of carbonyl (C=O) groups is 2. The zero-order valence-corrected chi connectivity index (χ0v) is 19.8. The number of benzene rings is 2. The van der Waals surface area contributed by atoms with E-state index < -0.39 is 23.7 Å². The van der Waals surface area contributed by atoms with E-state index in [9.17, 15) is 14.0 Å². The Kier molecular flexibility index (Phi) is 7.88. The summed E-state index contributed by atoms with van der Waals surface area (Å²) in [5.74, 6) is -0.336. The van der Waals surface area contributed by atoms with Crippen molar-refractivity contribution < 1.29 is 28.2 Å². The van der Waals surface area contributed by atoms with Gasteiger partial charge >= 0.3 is 5.97 Å². The minimum atomic E-state index is -0.822. The third kappa shape index (κ3) is 5.36. The molecule has 3 aromatic rings. The smallest absolute Gasteiger partial charge is 0.328 e. The van der Waals surface area contributed by atoms with Gasteiger partial charge in [-0.05, 0) is 54.8 Å². The molecule has 180 valence electrons. The summed E-state index contributed by atoms with van der Waals surface area (Å²) in [5.41, 5.74) is 1.64. The minimum absolute atomic E-state index is 0.0601. The molecule has 0 aliphatic heterocycles. The van der Waals surface area contributed by atoms with Gasteiger partial charge in [-0.2, -0.15) is 5.10 Å². The molecular formula is C25H28FN3O5. The Hall–Kier alpha value is -3.88. The van der Waals surface area contributed by atoms with Crippen molar-refractivity contribution in [3.05, 3.63) is 60.0 Å². The number of ether oxygens (including phenoxy) is 3. The van der Waals surface area contributed by atoms with Crippen LogP contribution >= 0.6 is 0 Å². The fraction of sp³-hybridized carbons (Fsp3) is 0.320. The molecule has 1 aromatic heterocycles. The summed E-state index contributed by atoms with van der Waals surface area (Å²) < 4.78 is 31.0. The standard InChI is InChI=1S/C25H28FN3O5/c1-15(2)13-19(25(31)34-5)27-24(30)18-14-20(23-21(32-3)7-6-8-22(23)33-4)29(28-18)17-11-9-16(26)10-12-17/h6-12,14-15,19H,13H2,1-5H3,(H,27,30)/t19-/m0/s1. The number of methoxy groups -OCH3 is 3. The summed E-state index contributed by atoms with van der Waals surface area (Å²) >= 11 is 0. The number of halogens is 1. The van der Waals surface area contributed by atoms with E-state index in [0.29, 0.717) is 34.9 Å². The molecule has 0 radical (unpaired) electrons. The van der Waals surface area contributed by atoms with Crippen LogP contribution in [0.2, 0.25) is 0 Å². The summed E-state index contributed by atoms with van der Waals surface area (Å²) in [5, 5.41) is 7.19. The van der Waals surface area contributed by atoms with Gasteiger partial charge in [0.15, 0.2) is 5.69 Å². The van der Waals surface area contributed by atoms with Crippen LogP contribution in [0.1, 0.15) is 30.8 Å². The maximum Gasteiger partial charge on any atom is 0.328 e. The third-order valence-corrected chi connectivity index (χ3v) is 5.20. The number of hydrogen-bond acceptors (Lipinski definition) is 6. The molecule has 0 aliphatic carbocycles. The van der Waals surface area contributed by atoms with Crippen LogP contribution in [0.3, 0.4) is 0 Å². The van der Waals surface area contributed by atoms with E-state index in [0.717, 1.165) is 0 Å². The van der Waals surface area contributed by atoms with E-state index in [2.05, 4.69) is 10.4 Å². The average Bonchev–Trinajstić information content (AvgIpc) is 3.27. The number of aromatic nitrogens is 2. The lowest BCUT2D eigenvalue weighted by Crippen LogP contribution is -2.42. The van der Waals surface area contributed by atoms with Crippen LogP contribution in [0.15, 0.2) is 48.5 Å². The van der Waals surface area contributed by atoms with Gasteiger partial charge in [0, 0.05) is 0 Å². The first-order valence-electron chi connectivity index (χ1n) is 10.7. The fourth-order valence-corrected chi connectivity index (χ4v) is 3.61. The normalized spacial score (nSPS) is 11.7. The highest BCUT2D eigenvalue weighted by Gasteiger charge is 2.27. The van der Waals surface area contributed by atoms with Gasteiger partial charge in [0.25, 0.3) is 5.91 Å². The average molecular weight is 470 g/mol. The molecule has 0 fully saturated rings. The minimum Gasteiger partial charge on any atom is -0.496 e. The largest absolute Gasteiger partial charge is 0.496 e. The lowest BCUT2D eigenvalue weighted by molar-refractivity contribution is -0.143. The Balaban J connectivity index is 2.12. The van der Waals surface area contributed by atoms with E-state index >= 15 is 0 Å².